The van der Waals surface area contributed by atoms with E-state index in [1.165, 1.54) is 38.0 Å². The molecule has 0 N–H and O–H groups in total. The van der Waals surface area contributed by atoms with Gasteiger partial charge in [-0.05, 0) is 58.3 Å². The maximum atomic E-state index is 6.47. The fourth-order valence-electron chi connectivity index (χ4n) is 3.69. The number of piperidine rings is 1. The van der Waals surface area contributed by atoms with E-state index in [1.54, 1.807) is 0 Å². The number of ether oxygens (including phenoxy) is 1. The zero-order valence-corrected chi connectivity index (χ0v) is 13.8. The Hall–Kier alpha value is -0.970. The van der Waals surface area contributed by atoms with Crippen LogP contribution in [0.15, 0.2) is 24.5 Å². The summed E-state index contributed by atoms with van der Waals surface area (Å²) in [4.78, 5) is 9.27. The molecule has 2 aliphatic rings. The van der Waals surface area contributed by atoms with Crippen LogP contribution in [0.4, 0.5) is 0 Å². The summed E-state index contributed by atoms with van der Waals surface area (Å²) < 4.78 is 6.47. The summed E-state index contributed by atoms with van der Waals surface area (Å²) in [5.74, 6) is 0. The minimum Gasteiger partial charge on any atom is -0.370 e. The lowest BCUT2D eigenvalue weighted by atomic mass is 9.85. The van der Waals surface area contributed by atoms with Crippen LogP contribution in [0.2, 0.25) is 0 Å². The molecule has 0 spiro atoms. The minimum absolute atomic E-state index is 0.119. The molecule has 0 aromatic carbocycles. The van der Waals surface area contributed by atoms with E-state index in [4.69, 9.17) is 4.74 Å². The molecule has 3 heterocycles. The molecule has 1 aromatic rings. The van der Waals surface area contributed by atoms with Crippen LogP contribution in [0.5, 0.6) is 0 Å². The van der Waals surface area contributed by atoms with Crippen LogP contribution in [-0.4, -0.2) is 61.2 Å². The van der Waals surface area contributed by atoms with Gasteiger partial charge in [0.25, 0.3) is 0 Å². The lowest BCUT2D eigenvalue weighted by Gasteiger charge is -2.41. The van der Waals surface area contributed by atoms with E-state index >= 15 is 0 Å². The predicted molar refractivity (Wildman–Crippen MR) is 88.9 cm³/mol. The van der Waals surface area contributed by atoms with E-state index in [2.05, 4.69) is 27.9 Å². The first-order valence-corrected chi connectivity index (χ1v) is 8.74. The van der Waals surface area contributed by atoms with Gasteiger partial charge in [0, 0.05) is 44.2 Å². The zero-order chi connectivity index (χ0) is 15.3. The van der Waals surface area contributed by atoms with Crippen molar-refractivity contribution in [3.8, 4) is 0 Å². The van der Waals surface area contributed by atoms with E-state index < -0.39 is 0 Å². The van der Waals surface area contributed by atoms with Gasteiger partial charge < -0.3 is 14.5 Å². The molecule has 22 heavy (non-hydrogen) atoms. The second kappa shape index (κ2) is 7.53. The van der Waals surface area contributed by atoms with Gasteiger partial charge in [-0.3, -0.25) is 4.98 Å². The summed E-state index contributed by atoms with van der Waals surface area (Å²) in [5.41, 5.74) is 1.13. The number of hydrogen-bond acceptors (Lipinski definition) is 4. The molecule has 2 fully saturated rings. The van der Waals surface area contributed by atoms with Crippen molar-refractivity contribution in [2.75, 3.05) is 46.4 Å². The molecule has 3 rings (SSSR count). The first-order chi connectivity index (χ1) is 10.8. The van der Waals surface area contributed by atoms with E-state index in [0.29, 0.717) is 0 Å². The average molecular weight is 303 g/mol. The third-order valence-corrected chi connectivity index (χ3v) is 5.18. The average Bonchev–Trinajstić information content (AvgIpc) is 3.08. The van der Waals surface area contributed by atoms with Crippen LogP contribution in [0.3, 0.4) is 0 Å². The monoisotopic (exact) mass is 303 g/mol. The number of pyridine rings is 1. The molecule has 0 unspecified atom stereocenters. The number of rotatable bonds is 6. The topological polar surface area (TPSA) is 28.6 Å². The number of aromatic nitrogens is 1. The Morgan fingerprint density at radius 3 is 2.64 bits per heavy atom. The highest BCUT2D eigenvalue weighted by Gasteiger charge is 2.36. The largest absolute Gasteiger partial charge is 0.370 e. The van der Waals surface area contributed by atoms with E-state index in [-0.39, 0.29) is 5.60 Å². The maximum Gasteiger partial charge on any atom is 0.0970 e. The van der Waals surface area contributed by atoms with Gasteiger partial charge in [-0.15, -0.1) is 0 Å². The third-order valence-electron chi connectivity index (χ3n) is 5.18. The van der Waals surface area contributed by atoms with Crippen LogP contribution in [0, 0.1) is 0 Å². The van der Waals surface area contributed by atoms with Gasteiger partial charge in [-0.1, -0.05) is 6.07 Å². The highest BCUT2D eigenvalue weighted by molar-refractivity contribution is 5.19. The first kappa shape index (κ1) is 15.9. The molecule has 0 radical (unpaired) electrons. The summed E-state index contributed by atoms with van der Waals surface area (Å²) in [6, 6.07) is 4.21. The zero-order valence-electron chi connectivity index (χ0n) is 13.8. The highest BCUT2D eigenvalue weighted by Crippen LogP contribution is 2.36. The van der Waals surface area contributed by atoms with Crippen LogP contribution in [-0.2, 0) is 10.3 Å². The second-order valence-electron chi connectivity index (χ2n) is 6.79. The molecule has 1 aromatic heterocycles. The number of nitrogens with zero attached hydrogens (tertiary/aromatic N) is 3. The van der Waals surface area contributed by atoms with E-state index in [0.717, 1.165) is 39.0 Å². The SMILES string of the molecule is CN1CCC(OCCCN2CCCC2)(c2cccnc2)CC1. The van der Waals surface area contributed by atoms with Crippen LogP contribution < -0.4 is 0 Å². The summed E-state index contributed by atoms with van der Waals surface area (Å²) in [5, 5.41) is 0. The molecule has 0 amide bonds. The van der Waals surface area contributed by atoms with Gasteiger partial charge in [-0.25, -0.2) is 0 Å². The molecule has 2 aliphatic heterocycles. The second-order valence-corrected chi connectivity index (χ2v) is 6.79. The van der Waals surface area contributed by atoms with Crippen molar-refractivity contribution in [2.45, 2.75) is 37.7 Å². The van der Waals surface area contributed by atoms with Gasteiger partial charge in [0.1, 0.15) is 0 Å². The van der Waals surface area contributed by atoms with Crippen molar-refractivity contribution in [2.24, 2.45) is 0 Å². The Kier molecular flexibility index (Phi) is 5.45. The summed E-state index contributed by atoms with van der Waals surface area (Å²) in [6.07, 6.45) is 9.85. The fourth-order valence-corrected chi connectivity index (χ4v) is 3.69. The van der Waals surface area contributed by atoms with Crippen LogP contribution in [0.25, 0.3) is 0 Å². The van der Waals surface area contributed by atoms with Crippen molar-refractivity contribution in [1.29, 1.82) is 0 Å². The van der Waals surface area contributed by atoms with Gasteiger partial charge in [-0.2, -0.15) is 0 Å². The quantitative estimate of drug-likeness (QED) is 0.755. The van der Waals surface area contributed by atoms with Crippen molar-refractivity contribution >= 4 is 0 Å². The molecule has 0 aliphatic carbocycles. The lowest BCUT2D eigenvalue weighted by molar-refractivity contribution is -0.0888. The Morgan fingerprint density at radius 2 is 1.95 bits per heavy atom. The molecule has 0 bridgehead atoms. The number of likely N-dealkylation sites (tertiary alicyclic amines) is 2. The molecule has 122 valence electrons. The third kappa shape index (κ3) is 3.86. The molecule has 2 saturated heterocycles. The Morgan fingerprint density at radius 1 is 1.18 bits per heavy atom. The molecule has 4 heteroatoms. The minimum atomic E-state index is -0.119. The van der Waals surface area contributed by atoms with Gasteiger partial charge in [0.05, 0.1) is 5.60 Å². The van der Waals surface area contributed by atoms with E-state index in [9.17, 15) is 0 Å². The summed E-state index contributed by atoms with van der Waals surface area (Å²) in [6.45, 7) is 6.79. The van der Waals surface area contributed by atoms with Gasteiger partial charge in [0.15, 0.2) is 0 Å². The lowest BCUT2D eigenvalue weighted by Crippen LogP contribution is -2.43. The fraction of sp³-hybridized carbons (Fsp3) is 0.722. The highest BCUT2D eigenvalue weighted by atomic mass is 16.5. The van der Waals surface area contributed by atoms with Gasteiger partial charge >= 0.3 is 0 Å². The molecular formula is C18H29N3O. The first-order valence-electron chi connectivity index (χ1n) is 8.74. The van der Waals surface area contributed by atoms with Crippen LogP contribution >= 0.6 is 0 Å². The van der Waals surface area contributed by atoms with Crippen molar-refractivity contribution in [1.82, 2.24) is 14.8 Å². The Balaban J connectivity index is 1.57. The van der Waals surface area contributed by atoms with Gasteiger partial charge in [0.2, 0.25) is 0 Å². The van der Waals surface area contributed by atoms with Crippen LogP contribution in [0.1, 0.15) is 37.7 Å². The molecule has 0 atom stereocenters. The summed E-state index contributed by atoms with van der Waals surface area (Å²) in [7, 11) is 2.19. The Bertz CT molecular complexity index is 437. The predicted octanol–water partition coefficient (Wildman–Crippen LogP) is 2.51. The molecule has 0 saturated carbocycles. The van der Waals surface area contributed by atoms with Crippen molar-refractivity contribution in [3.63, 3.8) is 0 Å². The van der Waals surface area contributed by atoms with E-state index in [1.807, 2.05) is 18.5 Å². The summed E-state index contributed by atoms with van der Waals surface area (Å²) >= 11 is 0. The molecule has 4 nitrogen and oxygen atoms in total. The normalized spacial score (nSPS) is 23.0. The molecular weight excluding hydrogens is 274 g/mol. The smallest absolute Gasteiger partial charge is 0.0970 e. The Labute approximate surface area is 134 Å². The van der Waals surface area contributed by atoms with Crippen molar-refractivity contribution in [3.05, 3.63) is 30.1 Å². The van der Waals surface area contributed by atoms with Crippen molar-refractivity contribution < 1.29 is 4.74 Å². The standard InChI is InChI=1S/C18H29N3O/c1-20-13-7-18(8-14-20,17-6-4-9-19-16-17)22-15-5-12-21-10-2-3-11-21/h4,6,9,16H,2-3,5,7-8,10-15H2,1H3. The number of hydrogen-bond donors (Lipinski definition) is 0. The maximum absolute atomic E-state index is 6.47.